The van der Waals surface area contributed by atoms with E-state index >= 15 is 0 Å². The molecule has 1 fully saturated rings. The van der Waals surface area contributed by atoms with Crippen LogP contribution in [-0.4, -0.2) is 31.0 Å². The van der Waals surface area contributed by atoms with E-state index in [0.29, 0.717) is 21.5 Å². The summed E-state index contributed by atoms with van der Waals surface area (Å²) in [4.78, 5) is 0. The largest absolute Gasteiger partial charge is 0.495 e. The van der Waals surface area contributed by atoms with E-state index in [0.717, 1.165) is 49.9 Å². The van der Waals surface area contributed by atoms with Crippen molar-refractivity contribution in [3.05, 3.63) is 63.6 Å². The molecule has 0 spiro atoms. The first kappa shape index (κ1) is 21.1. The molecule has 1 heterocycles. The highest BCUT2D eigenvalue weighted by Crippen LogP contribution is 2.51. The molecule has 2 aliphatic carbocycles. The number of ether oxygens (including phenoxy) is 2. The van der Waals surface area contributed by atoms with Crippen LogP contribution in [0.3, 0.4) is 0 Å². The lowest BCUT2D eigenvalue weighted by molar-refractivity contribution is 0.392. The number of allylic oxidation sites excluding steroid dienone is 1. The van der Waals surface area contributed by atoms with E-state index in [1.807, 2.05) is 0 Å². The summed E-state index contributed by atoms with van der Waals surface area (Å²) in [6, 6.07) is 1.73. The molecule has 0 radical (unpaired) electrons. The van der Waals surface area contributed by atoms with Crippen LogP contribution in [-0.2, 0) is 18.3 Å². The van der Waals surface area contributed by atoms with Gasteiger partial charge in [-0.1, -0.05) is 36.4 Å². The van der Waals surface area contributed by atoms with E-state index in [-0.39, 0.29) is 11.3 Å². The first-order chi connectivity index (χ1) is 14.4. The molecule has 0 amide bonds. The van der Waals surface area contributed by atoms with Gasteiger partial charge in [-0.25, -0.2) is 0 Å². The molecule has 2 N–H and O–H groups in total. The Morgan fingerprint density at radius 1 is 1.30 bits per heavy atom. The monoisotopic (exact) mass is 447 g/mol. The number of benzene rings is 1. The van der Waals surface area contributed by atoms with Crippen LogP contribution >= 0.6 is 23.2 Å². The van der Waals surface area contributed by atoms with Gasteiger partial charge in [0.05, 0.1) is 30.0 Å². The molecular formula is C23H27Cl2N3O2. The standard InChI is InChI=1S/C23H27Cl2N3O2/c1-5-13(2)26-12-23(8-9-23)22-15-7-6-14(10-16(15)27-28-22)19-20(24)17(29-3)11-18(30-4)21(19)25/h5,11,14,26H,1-2,6-10,12H2,3-4H3,(H,27,28). The van der Waals surface area contributed by atoms with Gasteiger partial charge >= 0.3 is 0 Å². The molecule has 7 heteroatoms. The van der Waals surface area contributed by atoms with Crippen LogP contribution in [0.1, 0.15) is 47.7 Å². The van der Waals surface area contributed by atoms with Gasteiger partial charge in [0.1, 0.15) is 11.5 Å². The van der Waals surface area contributed by atoms with E-state index in [9.17, 15) is 0 Å². The number of halogens is 2. The van der Waals surface area contributed by atoms with Crippen LogP contribution in [0, 0.1) is 0 Å². The average Bonchev–Trinajstić information content (AvgIpc) is 3.42. The van der Waals surface area contributed by atoms with Crippen LogP contribution in [0.25, 0.3) is 0 Å². The number of nitrogens with one attached hydrogen (secondary N) is 2. The van der Waals surface area contributed by atoms with E-state index in [1.54, 1.807) is 26.4 Å². The third-order valence-electron chi connectivity index (χ3n) is 6.42. The number of hydrogen-bond acceptors (Lipinski definition) is 4. The van der Waals surface area contributed by atoms with Gasteiger partial charge in [-0.2, -0.15) is 5.10 Å². The van der Waals surface area contributed by atoms with Crippen molar-refractivity contribution in [3.8, 4) is 11.5 Å². The SMILES string of the molecule is C=CC(=C)NCC1(c2n[nH]c3c2CCC(c2c(Cl)c(OC)cc(OC)c2Cl)C3)CC1. The van der Waals surface area contributed by atoms with Crippen LogP contribution in [0.15, 0.2) is 31.0 Å². The van der Waals surface area contributed by atoms with Crippen LogP contribution < -0.4 is 14.8 Å². The molecular weight excluding hydrogens is 421 g/mol. The smallest absolute Gasteiger partial charge is 0.141 e. The molecule has 1 aromatic heterocycles. The van der Waals surface area contributed by atoms with Crippen molar-refractivity contribution in [2.24, 2.45) is 0 Å². The van der Waals surface area contributed by atoms with Crippen LogP contribution in [0.5, 0.6) is 11.5 Å². The minimum atomic E-state index is 0.0946. The summed E-state index contributed by atoms with van der Waals surface area (Å²) in [5.41, 5.74) is 5.54. The van der Waals surface area contributed by atoms with Gasteiger partial charge in [0, 0.05) is 35.0 Å². The molecule has 4 rings (SSSR count). The molecule has 1 saturated carbocycles. The summed E-state index contributed by atoms with van der Waals surface area (Å²) >= 11 is 13.3. The van der Waals surface area contributed by atoms with E-state index in [4.69, 9.17) is 37.8 Å². The van der Waals surface area contributed by atoms with Gasteiger partial charge in [0.2, 0.25) is 0 Å². The first-order valence-electron chi connectivity index (χ1n) is 10.2. The number of nitrogens with zero attached hydrogens (tertiary/aromatic N) is 1. The molecule has 0 saturated heterocycles. The van der Waals surface area contributed by atoms with Crippen molar-refractivity contribution in [1.82, 2.24) is 15.5 Å². The lowest BCUT2D eigenvalue weighted by Gasteiger charge is -2.27. The Labute approximate surface area is 187 Å². The third-order valence-corrected chi connectivity index (χ3v) is 7.20. The van der Waals surface area contributed by atoms with Gasteiger partial charge < -0.3 is 14.8 Å². The minimum absolute atomic E-state index is 0.0946. The highest BCUT2D eigenvalue weighted by Gasteiger charge is 2.48. The second-order valence-corrected chi connectivity index (χ2v) is 8.91. The van der Waals surface area contributed by atoms with Gasteiger partial charge in [0.25, 0.3) is 0 Å². The predicted molar refractivity (Wildman–Crippen MR) is 121 cm³/mol. The van der Waals surface area contributed by atoms with Crippen molar-refractivity contribution in [1.29, 1.82) is 0 Å². The van der Waals surface area contributed by atoms with E-state index in [2.05, 4.69) is 23.6 Å². The van der Waals surface area contributed by atoms with Crippen LogP contribution in [0.2, 0.25) is 10.0 Å². The van der Waals surface area contributed by atoms with Crippen molar-refractivity contribution in [3.63, 3.8) is 0 Å². The zero-order valence-corrected chi connectivity index (χ0v) is 18.9. The van der Waals surface area contributed by atoms with Gasteiger partial charge in [-0.15, -0.1) is 0 Å². The van der Waals surface area contributed by atoms with E-state index in [1.165, 1.54) is 17.0 Å². The van der Waals surface area contributed by atoms with Crippen molar-refractivity contribution < 1.29 is 9.47 Å². The Morgan fingerprint density at radius 2 is 1.97 bits per heavy atom. The number of aromatic amines is 1. The summed E-state index contributed by atoms with van der Waals surface area (Å²) in [7, 11) is 3.20. The Bertz CT molecular complexity index is 967. The maximum atomic E-state index is 6.66. The second kappa shape index (κ2) is 8.20. The van der Waals surface area contributed by atoms with Gasteiger partial charge in [-0.3, -0.25) is 5.10 Å². The summed E-state index contributed by atoms with van der Waals surface area (Å²) in [6.07, 6.45) is 6.70. The number of aromatic nitrogens is 2. The molecule has 2 aromatic rings. The fourth-order valence-corrected chi connectivity index (χ4v) is 5.27. The highest BCUT2D eigenvalue weighted by molar-refractivity contribution is 6.38. The number of methoxy groups -OCH3 is 2. The second-order valence-electron chi connectivity index (χ2n) is 8.16. The van der Waals surface area contributed by atoms with Crippen molar-refractivity contribution in [2.75, 3.05) is 20.8 Å². The van der Waals surface area contributed by atoms with Crippen LogP contribution in [0.4, 0.5) is 0 Å². The first-order valence-corrected chi connectivity index (χ1v) is 10.9. The Kier molecular flexibility index (Phi) is 5.78. The summed E-state index contributed by atoms with van der Waals surface area (Å²) < 4.78 is 10.9. The fraction of sp³-hybridized carbons (Fsp3) is 0.435. The van der Waals surface area contributed by atoms with E-state index < -0.39 is 0 Å². The average molecular weight is 448 g/mol. The number of rotatable bonds is 8. The molecule has 30 heavy (non-hydrogen) atoms. The molecule has 1 unspecified atom stereocenters. The topological polar surface area (TPSA) is 59.2 Å². The predicted octanol–water partition coefficient (Wildman–Crippen LogP) is 5.33. The Hall–Kier alpha value is -2.11. The summed E-state index contributed by atoms with van der Waals surface area (Å²) in [6.45, 7) is 8.56. The Balaban J connectivity index is 1.61. The molecule has 2 aliphatic rings. The lowest BCUT2D eigenvalue weighted by atomic mass is 9.80. The summed E-state index contributed by atoms with van der Waals surface area (Å²) in [5.74, 6) is 1.33. The zero-order valence-electron chi connectivity index (χ0n) is 17.4. The maximum Gasteiger partial charge on any atom is 0.141 e. The normalized spacial score (nSPS) is 19.0. The van der Waals surface area contributed by atoms with Gasteiger partial charge in [-0.05, 0) is 49.7 Å². The van der Waals surface area contributed by atoms with Crippen molar-refractivity contribution in [2.45, 2.75) is 43.4 Å². The number of hydrogen-bond donors (Lipinski definition) is 2. The third kappa shape index (κ3) is 3.58. The number of H-pyrrole nitrogens is 1. The zero-order chi connectivity index (χ0) is 21.5. The quantitative estimate of drug-likeness (QED) is 0.537. The number of fused-ring (bicyclic) bond motifs is 1. The molecule has 1 aromatic carbocycles. The van der Waals surface area contributed by atoms with Gasteiger partial charge in [0.15, 0.2) is 0 Å². The highest BCUT2D eigenvalue weighted by atomic mass is 35.5. The minimum Gasteiger partial charge on any atom is -0.495 e. The molecule has 160 valence electrons. The Morgan fingerprint density at radius 3 is 2.53 bits per heavy atom. The van der Waals surface area contributed by atoms with Crippen molar-refractivity contribution >= 4 is 23.2 Å². The summed E-state index contributed by atoms with van der Waals surface area (Å²) in [5, 5.41) is 12.5. The molecule has 0 bridgehead atoms. The molecule has 0 aliphatic heterocycles. The molecule has 1 atom stereocenters. The molecule has 5 nitrogen and oxygen atoms in total. The maximum absolute atomic E-state index is 6.66. The lowest BCUT2D eigenvalue weighted by Crippen LogP contribution is -2.27. The fourth-order valence-electron chi connectivity index (χ4n) is 4.46.